The Morgan fingerprint density at radius 1 is 1.30 bits per heavy atom. The molecule has 1 fully saturated rings. The number of fused-ring (bicyclic) bond motifs is 1. The maximum Gasteiger partial charge on any atom is 0.238 e. The van der Waals surface area contributed by atoms with Gasteiger partial charge in [-0.3, -0.25) is 0 Å². The zero-order chi connectivity index (χ0) is 16.0. The van der Waals surface area contributed by atoms with E-state index in [1.165, 1.54) is 4.88 Å². The van der Waals surface area contributed by atoms with E-state index in [1.54, 1.807) is 31.7 Å². The van der Waals surface area contributed by atoms with Crippen LogP contribution < -0.4 is 4.90 Å². The first kappa shape index (κ1) is 14.5. The average Bonchev–Trinajstić information content (AvgIpc) is 3.22. The van der Waals surface area contributed by atoms with Crippen molar-refractivity contribution in [2.24, 2.45) is 0 Å². The van der Waals surface area contributed by atoms with E-state index in [2.05, 4.69) is 38.1 Å². The SMILES string of the molecule is CO[C@H]1C[C@H](c2nnc(C)o2)N(c2ncnc3sc(C)cc23)C1. The van der Waals surface area contributed by atoms with Crippen LogP contribution in [0.1, 0.15) is 29.1 Å². The summed E-state index contributed by atoms with van der Waals surface area (Å²) in [6.07, 6.45) is 2.52. The van der Waals surface area contributed by atoms with Crippen LogP contribution in [0, 0.1) is 13.8 Å². The lowest BCUT2D eigenvalue weighted by Crippen LogP contribution is -2.26. The van der Waals surface area contributed by atoms with Gasteiger partial charge in [-0.05, 0) is 13.0 Å². The van der Waals surface area contributed by atoms with Crippen molar-refractivity contribution in [3.63, 3.8) is 0 Å². The number of anilines is 1. The minimum atomic E-state index is -0.0283. The predicted molar refractivity (Wildman–Crippen MR) is 86.7 cm³/mol. The van der Waals surface area contributed by atoms with E-state index in [0.29, 0.717) is 11.8 Å². The molecule has 2 atom stereocenters. The predicted octanol–water partition coefficient (Wildman–Crippen LogP) is 2.66. The highest BCUT2D eigenvalue weighted by atomic mass is 32.1. The molecule has 4 rings (SSSR count). The molecular formula is C15H17N5O2S. The van der Waals surface area contributed by atoms with Crippen molar-refractivity contribution in [3.05, 3.63) is 29.1 Å². The number of aryl methyl sites for hydroxylation is 2. The van der Waals surface area contributed by atoms with Gasteiger partial charge < -0.3 is 14.1 Å². The molecule has 0 radical (unpaired) electrons. The van der Waals surface area contributed by atoms with Crippen LogP contribution in [0.15, 0.2) is 16.8 Å². The van der Waals surface area contributed by atoms with Crippen LogP contribution in [0.5, 0.6) is 0 Å². The number of hydrogen-bond donors (Lipinski definition) is 0. The molecule has 7 nitrogen and oxygen atoms in total. The zero-order valence-electron chi connectivity index (χ0n) is 13.2. The highest BCUT2D eigenvalue weighted by molar-refractivity contribution is 7.18. The van der Waals surface area contributed by atoms with E-state index in [1.807, 2.05) is 0 Å². The molecular weight excluding hydrogens is 314 g/mol. The molecule has 120 valence electrons. The Kier molecular flexibility index (Phi) is 3.50. The Labute approximate surface area is 137 Å². The van der Waals surface area contributed by atoms with Gasteiger partial charge in [-0.25, -0.2) is 9.97 Å². The van der Waals surface area contributed by atoms with Crippen molar-refractivity contribution in [3.8, 4) is 0 Å². The minimum Gasteiger partial charge on any atom is -0.423 e. The first-order valence-corrected chi connectivity index (χ1v) is 8.28. The summed E-state index contributed by atoms with van der Waals surface area (Å²) in [5.41, 5.74) is 0. The maximum absolute atomic E-state index is 5.67. The van der Waals surface area contributed by atoms with Gasteiger partial charge in [0.05, 0.1) is 11.5 Å². The van der Waals surface area contributed by atoms with E-state index in [9.17, 15) is 0 Å². The molecule has 1 saturated heterocycles. The third kappa shape index (κ3) is 2.47. The summed E-state index contributed by atoms with van der Waals surface area (Å²) in [5, 5.41) is 9.23. The third-order valence-corrected chi connectivity index (χ3v) is 5.08. The molecule has 23 heavy (non-hydrogen) atoms. The topological polar surface area (TPSA) is 77.2 Å². The molecule has 0 aliphatic carbocycles. The van der Waals surface area contributed by atoms with Crippen LogP contribution in [0.3, 0.4) is 0 Å². The molecule has 4 heterocycles. The summed E-state index contributed by atoms with van der Waals surface area (Å²) in [7, 11) is 1.73. The number of hydrogen-bond acceptors (Lipinski definition) is 8. The van der Waals surface area contributed by atoms with Gasteiger partial charge in [0.2, 0.25) is 11.8 Å². The number of rotatable bonds is 3. The Bertz CT molecular complexity index is 845. The average molecular weight is 331 g/mol. The van der Waals surface area contributed by atoms with Crippen LogP contribution in [0.4, 0.5) is 5.82 Å². The van der Waals surface area contributed by atoms with Crippen molar-refractivity contribution in [1.82, 2.24) is 20.2 Å². The number of aromatic nitrogens is 4. The number of ether oxygens (including phenoxy) is 1. The van der Waals surface area contributed by atoms with Gasteiger partial charge in [0, 0.05) is 31.9 Å². The van der Waals surface area contributed by atoms with Gasteiger partial charge in [-0.15, -0.1) is 21.5 Å². The van der Waals surface area contributed by atoms with Gasteiger partial charge >= 0.3 is 0 Å². The molecule has 1 aliphatic rings. The fraction of sp³-hybridized carbons (Fsp3) is 0.467. The standard InChI is InChI=1S/C15H17N5O2S/c1-8-4-11-13(16-7-17-15(11)23-8)20-6-10(21-3)5-12(20)14-19-18-9(2)22-14/h4,7,10,12H,5-6H2,1-3H3/t10-,12+/m0/s1. The molecule has 0 bridgehead atoms. The smallest absolute Gasteiger partial charge is 0.238 e. The molecule has 0 unspecified atom stereocenters. The van der Waals surface area contributed by atoms with Crippen LogP contribution in [0.25, 0.3) is 10.2 Å². The van der Waals surface area contributed by atoms with E-state index >= 15 is 0 Å². The summed E-state index contributed by atoms with van der Waals surface area (Å²) in [6.45, 7) is 4.62. The quantitative estimate of drug-likeness (QED) is 0.730. The van der Waals surface area contributed by atoms with Crippen molar-refractivity contribution in [1.29, 1.82) is 0 Å². The molecule has 8 heteroatoms. The molecule has 3 aromatic rings. The van der Waals surface area contributed by atoms with Crippen LogP contribution in [-0.4, -0.2) is 39.9 Å². The first-order chi connectivity index (χ1) is 11.2. The highest BCUT2D eigenvalue weighted by Crippen LogP contribution is 2.39. The van der Waals surface area contributed by atoms with Crippen LogP contribution in [-0.2, 0) is 4.74 Å². The Hall–Kier alpha value is -2.06. The largest absolute Gasteiger partial charge is 0.423 e. The summed E-state index contributed by atoms with van der Waals surface area (Å²) in [4.78, 5) is 13.3. The molecule has 0 amide bonds. The van der Waals surface area contributed by atoms with E-state index in [0.717, 1.165) is 29.0 Å². The molecule has 0 N–H and O–H groups in total. The van der Waals surface area contributed by atoms with E-state index in [-0.39, 0.29) is 12.1 Å². The fourth-order valence-electron chi connectivity index (χ4n) is 3.08. The lowest BCUT2D eigenvalue weighted by molar-refractivity contribution is 0.117. The molecule has 1 aliphatic heterocycles. The first-order valence-electron chi connectivity index (χ1n) is 7.46. The minimum absolute atomic E-state index is 0.0283. The monoisotopic (exact) mass is 331 g/mol. The number of thiophene rings is 1. The van der Waals surface area contributed by atoms with Gasteiger partial charge in [0.15, 0.2) is 0 Å². The molecule has 0 saturated carbocycles. The van der Waals surface area contributed by atoms with Crippen molar-refractivity contribution in [2.45, 2.75) is 32.4 Å². The maximum atomic E-state index is 5.67. The lowest BCUT2D eigenvalue weighted by Gasteiger charge is -2.23. The summed E-state index contributed by atoms with van der Waals surface area (Å²) in [5.74, 6) is 2.08. The van der Waals surface area contributed by atoms with Gasteiger partial charge in [-0.2, -0.15) is 0 Å². The molecule has 0 aromatic carbocycles. The zero-order valence-corrected chi connectivity index (χ0v) is 14.0. The fourth-order valence-corrected chi connectivity index (χ4v) is 3.92. The van der Waals surface area contributed by atoms with Gasteiger partial charge in [0.25, 0.3) is 0 Å². The normalized spacial score (nSPS) is 21.4. The van der Waals surface area contributed by atoms with Crippen LogP contribution in [0.2, 0.25) is 0 Å². The Balaban J connectivity index is 1.80. The summed E-state index contributed by atoms with van der Waals surface area (Å²) >= 11 is 1.67. The second-order valence-electron chi connectivity index (χ2n) is 5.69. The van der Waals surface area contributed by atoms with Crippen molar-refractivity contribution >= 4 is 27.4 Å². The van der Waals surface area contributed by atoms with Crippen molar-refractivity contribution in [2.75, 3.05) is 18.6 Å². The van der Waals surface area contributed by atoms with Crippen LogP contribution >= 0.6 is 11.3 Å². The molecule has 3 aromatic heterocycles. The molecule has 0 spiro atoms. The van der Waals surface area contributed by atoms with Gasteiger partial charge in [0.1, 0.15) is 23.0 Å². The lowest BCUT2D eigenvalue weighted by atomic mass is 10.2. The van der Waals surface area contributed by atoms with E-state index < -0.39 is 0 Å². The number of nitrogens with zero attached hydrogens (tertiary/aromatic N) is 5. The summed E-state index contributed by atoms with van der Waals surface area (Å²) < 4.78 is 11.2. The third-order valence-electron chi connectivity index (χ3n) is 4.13. The highest BCUT2D eigenvalue weighted by Gasteiger charge is 2.38. The summed E-state index contributed by atoms with van der Waals surface area (Å²) in [6, 6.07) is 2.10. The second-order valence-corrected chi connectivity index (χ2v) is 6.93. The number of methoxy groups -OCH3 is 1. The van der Waals surface area contributed by atoms with E-state index in [4.69, 9.17) is 9.15 Å². The van der Waals surface area contributed by atoms with Crippen molar-refractivity contribution < 1.29 is 9.15 Å². The second kappa shape index (κ2) is 5.54. The van der Waals surface area contributed by atoms with Gasteiger partial charge in [-0.1, -0.05) is 0 Å². The Morgan fingerprint density at radius 2 is 2.17 bits per heavy atom. The Morgan fingerprint density at radius 3 is 2.91 bits per heavy atom.